The van der Waals surface area contributed by atoms with Crippen molar-refractivity contribution in [1.29, 1.82) is 0 Å². The summed E-state index contributed by atoms with van der Waals surface area (Å²) in [6.07, 6.45) is 7.09. The topological polar surface area (TPSA) is 104 Å². The average molecular weight is 428 g/mol. The van der Waals surface area contributed by atoms with Gasteiger partial charge in [0.05, 0.1) is 36.3 Å². The Balaban J connectivity index is 1.68. The van der Waals surface area contributed by atoms with Crippen molar-refractivity contribution in [3.8, 4) is 16.9 Å². The first-order valence-electron chi connectivity index (χ1n) is 9.58. The second kappa shape index (κ2) is 8.73. The minimum absolute atomic E-state index is 0.235. The number of benzene rings is 1. The smallest absolute Gasteiger partial charge is 0.252 e. The maximum Gasteiger partial charge on any atom is 0.252 e. The van der Waals surface area contributed by atoms with Crippen LogP contribution >= 0.6 is 11.6 Å². The van der Waals surface area contributed by atoms with E-state index in [9.17, 15) is 4.79 Å². The fraction of sp³-hybridized carbons (Fsp3) is 0.286. The third-order valence-electron chi connectivity index (χ3n) is 5.10. The second-order valence-electron chi connectivity index (χ2n) is 6.98. The van der Waals surface area contributed by atoms with Crippen LogP contribution in [0.5, 0.6) is 5.75 Å². The molecule has 9 heteroatoms. The van der Waals surface area contributed by atoms with Gasteiger partial charge in [0.25, 0.3) is 5.91 Å². The number of aromatic nitrogens is 3. The number of carbonyl (C=O) groups is 1. The molecule has 0 saturated carbocycles. The molecule has 1 fully saturated rings. The molecular formula is C21H22ClN5O3. The van der Waals surface area contributed by atoms with E-state index in [1.54, 1.807) is 13.2 Å². The SMILES string of the molecule is COc1c(Nc2cc(Cl)ncc2C(N)=O)cccc1-c1cnn(C2CCOCC2)c1. The Hall–Kier alpha value is -3.10. The highest BCUT2D eigenvalue weighted by Crippen LogP contribution is 2.39. The highest BCUT2D eigenvalue weighted by Gasteiger charge is 2.19. The number of hydrogen-bond acceptors (Lipinski definition) is 6. The van der Waals surface area contributed by atoms with E-state index in [1.165, 1.54) is 6.20 Å². The van der Waals surface area contributed by atoms with Crippen LogP contribution in [0.15, 0.2) is 42.9 Å². The lowest BCUT2D eigenvalue weighted by Gasteiger charge is -2.22. The number of halogens is 1. The van der Waals surface area contributed by atoms with E-state index >= 15 is 0 Å². The number of ether oxygens (including phenoxy) is 2. The highest BCUT2D eigenvalue weighted by atomic mass is 35.5. The predicted molar refractivity (Wildman–Crippen MR) is 114 cm³/mol. The zero-order valence-corrected chi connectivity index (χ0v) is 17.2. The van der Waals surface area contributed by atoms with E-state index in [2.05, 4.69) is 15.4 Å². The lowest BCUT2D eigenvalue weighted by atomic mass is 10.1. The molecule has 1 aliphatic rings. The number of carbonyl (C=O) groups excluding carboxylic acids is 1. The van der Waals surface area contributed by atoms with Crippen molar-refractivity contribution in [2.24, 2.45) is 5.73 Å². The Bertz CT molecular complexity index is 1060. The molecular weight excluding hydrogens is 406 g/mol. The van der Waals surface area contributed by atoms with Crippen molar-refractivity contribution in [2.45, 2.75) is 18.9 Å². The molecule has 0 aliphatic carbocycles. The Kier molecular flexibility index (Phi) is 5.87. The van der Waals surface area contributed by atoms with Gasteiger partial charge in [-0.3, -0.25) is 9.48 Å². The lowest BCUT2D eigenvalue weighted by Crippen LogP contribution is -2.19. The van der Waals surface area contributed by atoms with Gasteiger partial charge in [-0.25, -0.2) is 4.98 Å². The van der Waals surface area contributed by atoms with Gasteiger partial charge in [0.15, 0.2) is 0 Å². The van der Waals surface area contributed by atoms with Crippen molar-refractivity contribution in [3.05, 3.63) is 53.6 Å². The molecule has 0 atom stereocenters. The lowest BCUT2D eigenvalue weighted by molar-refractivity contribution is 0.0662. The summed E-state index contributed by atoms with van der Waals surface area (Å²) in [6, 6.07) is 7.60. The summed E-state index contributed by atoms with van der Waals surface area (Å²) < 4.78 is 13.1. The van der Waals surface area contributed by atoms with Gasteiger partial charge >= 0.3 is 0 Å². The zero-order valence-electron chi connectivity index (χ0n) is 16.5. The van der Waals surface area contributed by atoms with Crippen LogP contribution in [0.1, 0.15) is 29.2 Å². The van der Waals surface area contributed by atoms with E-state index in [-0.39, 0.29) is 10.7 Å². The molecule has 4 rings (SSSR count). The number of amides is 1. The van der Waals surface area contributed by atoms with Gasteiger partial charge in [-0.05, 0) is 25.0 Å². The van der Waals surface area contributed by atoms with Crippen LogP contribution in [0.25, 0.3) is 11.1 Å². The van der Waals surface area contributed by atoms with Gasteiger partial charge < -0.3 is 20.5 Å². The molecule has 8 nitrogen and oxygen atoms in total. The first kappa shape index (κ1) is 20.2. The minimum atomic E-state index is -0.602. The molecule has 30 heavy (non-hydrogen) atoms. The van der Waals surface area contributed by atoms with Crippen LogP contribution in [-0.2, 0) is 4.74 Å². The minimum Gasteiger partial charge on any atom is -0.494 e. The van der Waals surface area contributed by atoms with Crippen LogP contribution in [0.3, 0.4) is 0 Å². The molecule has 3 N–H and O–H groups in total. The number of anilines is 2. The number of pyridine rings is 1. The van der Waals surface area contributed by atoms with Crippen LogP contribution in [-0.4, -0.2) is 41.0 Å². The van der Waals surface area contributed by atoms with Crippen molar-refractivity contribution in [1.82, 2.24) is 14.8 Å². The molecule has 3 heterocycles. The molecule has 1 saturated heterocycles. The molecule has 0 unspecified atom stereocenters. The van der Waals surface area contributed by atoms with Crippen LogP contribution in [0.4, 0.5) is 11.4 Å². The highest BCUT2D eigenvalue weighted by molar-refractivity contribution is 6.29. The first-order valence-corrected chi connectivity index (χ1v) is 9.96. The normalized spacial score (nSPS) is 14.5. The Labute approximate surface area is 179 Å². The molecule has 2 aromatic heterocycles. The standard InChI is InChI=1S/C21H22ClN5O3/c1-29-20-15(13-10-25-27(12-13)14-5-7-30-8-6-14)3-2-4-17(20)26-18-9-19(22)24-11-16(18)21(23)28/h2-4,9-12,14H,5-8H2,1H3,(H2,23,28)(H,24,26). The van der Waals surface area contributed by atoms with Crippen molar-refractivity contribution >= 4 is 28.9 Å². The summed E-state index contributed by atoms with van der Waals surface area (Å²) in [4.78, 5) is 15.7. The molecule has 3 aromatic rings. The van der Waals surface area contributed by atoms with Gasteiger partial charge in [-0.2, -0.15) is 5.10 Å². The number of methoxy groups -OCH3 is 1. The number of nitrogens with one attached hydrogen (secondary N) is 1. The summed E-state index contributed by atoms with van der Waals surface area (Å²) >= 11 is 6.01. The van der Waals surface area contributed by atoms with Crippen LogP contribution in [0, 0.1) is 0 Å². The number of nitrogens with zero attached hydrogens (tertiary/aromatic N) is 3. The monoisotopic (exact) mass is 427 g/mol. The van der Waals surface area contributed by atoms with Crippen LogP contribution in [0.2, 0.25) is 5.15 Å². The quantitative estimate of drug-likeness (QED) is 0.580. The Morgan fingerprint density at radius 2 is 2.10 bits per heavy atom. The zero-order chi connectivity index (χ0) is 21.1. The summed E-state index contributed by atoms with van der Waals surface area (Å²) in [5.74, 6) is 0.0157. The van der Waals surface area contributed by atoms with Gasteiger partial charge in [-0.1, -0.05) is 23.7 Å². The first-order chi connectivity index (χ1) is 14.6. The third-order valence-corrected chi connectivity index (χ3v) is 5.31. The number of rotatable bonds is 6. The summed E-state index contributed by atoms with van der Waals surface area (Å²) in [7, 11) is 1.60. The van der Waals surface area contributed by atoms with Gasteiger partial charge in [-0.15, -0.1) is 0 Å². The summed E-state index contributed by atoms with van der Waals surface area (Å²) in [5.41, 5.74) is 8.64. The largest absolute Gasteiger partial charge is 0.494 e. The number of nitrogens with two attached hydrogens (primary N) is 1. The molecule has 0 bridgehead atoms. The fourth-order valence-corrected chi connectivity index (χ4v) is 3.74. The number of hydrogen-bond donors (Lipinski definition) is 2. The maximum atomic E-state index is 11.8. The van der Waals surface area contributed by atoms with Gasteiger partial charge in [0.1, 0.15) is 10.9 Å². The molecule has 0 radical (unpaired) electrons. The van der Waals surface area contributed by atoms with Gasteiger partial charge in [0.2, 0.25) is 0 Å². The summed E-state index contributed by atoms with van der Waals surface area (Å²) in [5, 5.41) is 8.00. The number of primary amides is 1. The van der Waals surface area contributed by atoms with Gasteiger partial charge in [0, 0.05) is 36.7 Å². The van der Waals surface area contributed by atoms with E-state index in [1.807, 2.05) is 35.3 Å². The Morgan fingerprint density at radius 1 is 1.30 bits per heavy atom. The van der Waals surface area contributed by atoms with Crippen LogP contribution < -0.4 is 15.8 Å². The molecule has 1 amide bonds. The maximum absolute atomic E-state index is 11.8. The average Bonchev–Trinajstić information content (AvgIpc) is 3.24. The van der Waals surface area contributed by atoms with Crippen molar-refractivity contribution in [3.63, 3.8) is 0 Å². The van der Waals surface area contributed by atoms with E-state index < -0.39 is 5.91 Å². The Morgan fingerprint density at radius 3 is 2.83 bits per heavy atom. The van der Waals surface area contributed by atoms with Crippen molar-refractivity contribution in [2.75, 3.05) is 25.6 Å². The fourth-order valence-electron chi connectivity index (χ4n) is 3.58. The molecule has 0 spiro atoms. The molecule has 1 aromatic carbocycles. The van der Waals surface area contributed by atoms with E-state index in [0.717, 1.165) is 37.2 Å². The molecule has 156 valence electrons. The predicted octanol–water partition coefficient (Wildman–Crippen LogP) is 3.80. The third kappa shape index (κ3) is 4.10. The summed E-state index contributed by atoms with van der Waals surface area (Å²) in [6.45, 7) is 1.50. The molecule has 1 aliphatic heterocycles. The van der Waals surface area contributed by atoms with E-state index in [4.69, 9.17) is 26.8 Å². The van der Waals surface area contributed by atoms with Crippen molar-refractivity contribution < 1.29 is 14.3 Å². The van der Waals surface area contributed by atoms with E-state index in [0.29, 0.717) is 23.2 Å². The second-order valence-corrected chi connectivity index (χ2v) is 7.37. The number of para-hydroxylation sites is 1.